The van der Waals surface area contributed by atoms with Crippen LogP contribution in [-0.2, 0) is 4.79 Å². The highest BCUT2D eigenvalue weighted by Gasteiger charge is 2.40. The van der Waals surface area contributed by atoms with E-state index in [1.165, 1.54) is 0 Å². The van der Waals surface area contributed by atoms with Crippen molar-refractivity contribution in [2.75, 3.05) is 6.54 Å². The van der Waals surface area contributed by atoms with Gasteiger partial charge in [0.1, 0.15) is 5.92 Å². The molecule has 0 spiro atoms. The second-order valence-corrected chi connectivity index (χ2v) is 3.40. The summed E-state index contributed by atoms with van der Waals surface area (Å²) in [7, 11) is 0. The quantitative estimate of drug-likeness (QED) is 0.789. The Labute approximate surface area is 89.2 Å². The smallest absolute Gasteiger partial charge is 0.355 e. The molecule has 0 aliphatic rings. The van der Waals surface area contributed by atoms with E-state index in [0.29, 0.717) is 0 Å². The fourth-order valence-electron chi connectivity index (χ4n) is 0.606. The van der Waals surface area contributed by atoms with Gasteiger partial charge in [0.15, 0.2) is 0 Å². The molecule has 0 radical (unpaired) electrons. The number of amides is 1. The first-order chi connectivity index (χ1) is 6.75. The maximum absolute atomic E-state index is 12.0. The predicted octanol–water partition coefficient (Wildman–Crippen LogP) is 2.98. The van der Waals surface area contributed by atoms with E-state index < -0.39 is 18.0 Å². The molecule has 1 atom stereocenters. The van der Waals surface area contributed by atoms with E-state index in [9.17, 15) is 18.0 Å². The molecule has 0 aliphatic heterocycles. The lowest BCUT2D eigenvalue weighted by molar-refractivity contribution is -0.178. The number of nitrogens with one attached hydrogen (secondary N) is 1. The van der Waals surface area contributed by atoms with Gasteiger partial charge in [-0.15, -0.1) is 0 Å². The minimum Gasteiger partial charge on any atom is -0.355 e. The standard InChI is InChI=1S/C8H14F3NO.C2H6/c1-5(2)4-12-7(13)6(3)8(9,10)11;1-2/h5-6H,4H2,1-3H3,(H,12,13);1-2H3. The Hall–Kier alpha value is -0.740. The first-order valence-electron chi connectivity index (χ1n) is 5.09. The van der Waals surface area contributed by atoms with E-state index in [1.54, 1.807) is 0 Å². The third kappa shape index (κ3) is 8.27. The van der Waals surface area contributed by atoms with Gasteiger partial charge in [-0.05, 0) is 12.8 Å². The molecule has 92 valence electrons. The summed E-state index contributed by atoms with van der Waals surface area (Å²) < 4.78 is 35.9. The second-order valence-electron chi connectivity index (χ2n) is 3.40. The van der Waals surface area contributed by atoms with Crippen LogP contribution in [0.1, 0.15) is 34.6 Å². The van der Waals surface area contributed by atoms with Crippen molar-refractivity contribution >= 4 is 5.91 Å². The van der Waals surface area contributed by atoms with Crippen molar-refractivity contribution in [1.29, 1.82) is 0 Å². The molecule has 0 saturated heterocycles. The molecule has 0 fully saturated rings. The molecule has 2 nitrogen and oxygen atoms in total. The summed E-state index contributed by atoms with van der Waals surface area (Å²) in [6.07, 6.45) is -4.44. The van der Waals surface area contributed by atoms with Gasteiger partial charge in [-0.25, -0.2) is 0 Å². The largest absolute Gasteiger partial charge is 0.400 e. The summed E-state index contributed by atoms with van der Waals surface area (Å²) in [5.74, 6) is -2.73. The molecule has 0 rings (SSSR count). The average molecular weight is 227 g/mol. The summed E-state index contributed by atoms with van der Waals surface area (Å²) >= 11 is 0. The summed E-state index contributed by atoms with van der Waals surface area (Å²) in [6, 6.07) is 0. The van der Waals surface area contributed by atoms with Gasteiger partial charge in [-0.2, -0.15) is 13.2 Å². The van der Waals surface area contributed by atoms with Crippen molar-refractivity contribution < 1.29 is 18.0 Å². The highest BCUT2D eigenvalue weighted by Crippen LogP contribution is 2.25. The van der Waals surface area contributed by atoms with Crippen LogP contribution in [0.2, 0.25) is 0 Å². The summed E-state index contributed by atoms with van der Waals surface area (Å²) in [4.78, 5) is 10.9. The lowest BCUT2D eigenvalue weighted by Gasteiger charge is -2.16. The zero-order chi connectivity index (χ0) is 12.6. The van der Waals surface area contributed by atoms with Crippen molar-refractivity contribution in [3.8, 4) is 0 Å². The Morgan fingerprint density at radius 1 is 1.20 bits per heavy atom. The van der Waals surface area contributed by atoms with Crippen LogP contribution in [0.3, 0.4) is 0 Å². The molecule has 1 unspecified atom stereocenters. The van der Waals surface area contributed by atoms with Crippen LogP contribution in [0.5, 0.6) is 0 Å². The van der Waals surface area contributed by atoms with Gasteiger partial charge in [0.2, 0.25) is 5.91 Å². The van der Waals surface area contributed by atoms with Crippen LogP contribution in [0.15, 0.2) is 0 Å². The van der Waals surface area contributed by atoms with Crippen LogP contribution in [-0.4, -0.2) is 18.6 Å². The summed E-state index contributed by atoms with van der Waals surface area (Å²) in [5, 5.41) is 2.23. The predicted molar refractivity (Wildman–Crippen MR) is 54.4 cm³/mol. The minimum absolute atomic E-state index is 0.157. The Morgan fingerprint density at radius 2 is 1.60 bits per heavy atom. The van der Waals surface area contributed by atoms with E-state index >= 15 is 0 Å². The fourth-order valence-corrected chi connectivity index (χ4v) is 0.606. The van der Waals surface area contributed by atoms with Crippen LogP contribution in [0.4, 0.5) is 13.2 Å². The number of carbonyl (C=O) groups is 1. The Bertz CT molecular complexity index is 178. The summed E-state index contributed by atoms with van der Waals surface area (Å²) in [6.45, 7) is 8.77. The van der Waals surface area contributed by atoms with Crippen molar-refractivity contribution in [2.45, 2.75) is 40.8 Å². The first kappa shape index (κ1) is 16.7. The van der Waals surface area contributed by atoms with Gasteiger partial charge >= 0.3 is 6.18 Å². The van der Waals surface area contributed by atoms with Crippen molar-refractivity contribution in [3.05, 3.63) is 0 Å². The van der Waals surface area contributed by atoms with Crippen molar-refractivity contribution in [3.63, 3.8) is 0 Å². The lowest BCUT2D eigenvalue weighted by atomic mass is 10.1. The zero-order valence-corrected chi connectivity index (χ0v) is 9.90. The number of alkyl halides is 3. The Balaban J connectivity index is 0. The number of carbonyl (C=O) groups excluding carboxylic acids is 1. The molecule has 5 heteroatoms. The molecular weight excluding hydrogens is 207 g/mol. The lowest BCUT2D eigenvalue weighted by Crippen LogP contribution is -2.38. The third-order valence-corrected chi connectivity index (χ3v) is 1.57. The molecule has 15 heavy (non-hydrogen) atoms. The number of rotatable bonds is 3. The molecule has 0 aromatic heterocycles. The van der Waals surface area contributed by atoms with Crippen LogP contribution in [0, 0.1) is 11.8 Å². The zero-order valence-electron chi connectivity index (χ0n) is 9.90. The molecular formula is C10H20F3NO. The van der Waals surface area contributed by atoms with E-state index in [0.717, 1.165) is 6.92 Å². The number of hydrogen-bond acceptors (Lipinski definition) is 1. The molecule has 0 bridgehead atoms. The maximum Gasteiger partial charge on any atom is 0.400 e. The SMILES string of the molecule is CC.CC(C)CNC(=O)C(C)C(F)(F)F. The van der Waals surface area contributed by atoms with Crippen LogP contribution in [0.25, 0.3) is 0 Å². The number of halogens is 3. The normalized spacial score (nSPS) is 12.9. The Kier molecular flexibility index (Phi) is 8.38. The summed E-state index contributed by atoms with van der Waals surface area (Å²) in [5.41, 5.74) is 0. The van der Waals surface area contributed by atoms with E-state index in [2.05, 4.69) is 5.32 Å². The van der Waals surface area contributed by atoms with Crippen molar-refractivity contribution in [2.24, 2.45) is 11.8 Å². The number of hydrogen-bond donors (Lipinski definition) is 1. The van der Waals surface area contributed by atoms with Crippen molar-refractivity contribution in [1.82, 2.24) is 5.32 Å². The second kappa shape index (κ2) is 7.54. The van der Waals surface area contributed by atoms with E-state index in [4.69, 9.17) is 0 Å². The van der Waals surface area contributed by atoms with Gasteiger partial charge in [0, 0.05) is 6.54 Å². The molecule has 0 aliphatic carbocycles. The van der Waals surface area contributed by atoms with Crippen LogP contribution < -0.4 is 5.32 Å². The minimum atomic E-state index is -4.44. The first-order valence-corrected chi connectivity index (χ1v) is 5.09. The van der Waals surface area contributed by atoms with E-state index in [1.807, 2.05) is 27.7 Å². The topological polar surface area (TPSA) is 29.1 Å². The molecule has 0 heterocycles. The highest BCUT2D eigenvalue weighted by atomic mass is 19.4. The molecule has 0 saturated carbocycles. The molecule has 0 aromatic rings. The van der Waals surface area contributed by atoms with Gasteiger partial charge in [0.25, 0.3) is 0 Å². The monoisotopic (exact) mass is 227 g/mol. The van der Waals surface area contributed by atoms with Gasteiger partial charge in [-0.1, -0.05) is 27.7 Å². The Morgan fingerprint density at radius 3 is 1.87 bits per heavy atom. The molecule has 1 N–H and O–H groups in total. The van der Waals surface area contributed by atoms with E-state index in [-0.39, 0.29) is 12.5 Å². The maximum atomic E-state index is 12.0. The fraction of sp³-hybridized carbons (Fsp3) is 0.900. The highest BCUT2D eigenvalue weighted by molar-refractivity contribution is 5.78. The average Bonchev–Trinajstić information content (AvgIpc) is 2.14. The molecule has 0 aromatic carbocycles. The molecule has 1 amide bonds. The van der Waals surface area contributed by atoms with Gasteiger partial charge < -0.3 is 5.32 Å². The third-order valence-electron chi connectivity index (χ3n) is 1.57. The van der Waals surface area contributed by atoms with Gasteiger partial charge in [0.05, 0.1) is 0 Å². The van der Waals surface area contributed by atoms with Crippen LogP contribution >= 0.6 is 0 Å². The van der Waals surface area contributed by atoms with Gasteiger partial charge in [-0.3, -0.25) is 4.79 Å².